The molecule has 1 aromatic carbocycles. The fourth-order valence-electron chi connectivity index (χ4n) is 3.31. The smallest absolute Gasteiger partial charge is 0.224 e. The molecule has 0 radical (unpaired) electrons. The van der Waals surface area contributed by atoms with Crippen LogP contribution in [0.1, 0.15) is 43.4 Å². The van der Waals surface area contributed by atoms with Crippen LogP contribution >= 0.6 is 0 Å². The molecule has 1 fully saturated rings. The molecule has 0 heterocycles. The van der Waals surface area contributed by atoms with Crippen LogP contribution in [0.15, 0.2) is 18.2 Å². The quantitative estimate of drug-likeness (QED) is 0.885. The van der Waals surface area contributed by atoms with Gasteiger partial charge in [-0.05, 0) is 42.4 Å². The van der Waals surface area contributed by atoms with E-state index in [0.717, 1.165) is 12.0 Å². The number of carbonyl (C=O) groups is 1. The fraction of sp³-hybridized carbons (Fsp3) is 0.588. The van der Waals surface area contributed by atoms with Crippen molar-refractivity contribution in [1.29, 1.82) is 0 Å². The van der Waals surface area contributed by atoms with Gasteiger partial charge >= 0.3 is 0 Å². The highest BCUT2D eigenvalue weighted by Crippen LogP contribution is 2.40. The summed E-state index contributed by atoms with van der Waals surface area (Å²) in [5.41, 5.74) is 3.75. The molecule has 2 unspecified atom stereocenters. The van der Waals surface area contributed by atoms with Gasteiger partial charge in [0.25, 0.3) is 0 Å². The zero-order chi connectivity index (χ0) is 14.3. The third-order valence-electron chi connectivity index (χ3n) is 5.08. The van der Waals surface area contributed by atoms with E-state index in [1.165, 1.54) is 24.0 Å². The molecule has 3 heteroatoms. The number of aliphatic hydroxyl groups is 1. The Hall–Kier alpha value is -1.35. The monoisotopic (exact) mass is 273 g/mol. The highest BCUT2D eigenvalue weighted by Gasteiger charge is 2.47. The Balaban J connectivity index is 1.60. The van der Waals surface area contributed by atoms with Crippen LogP contribution in [0.3, 0.4) is 0 Å². The SMILES string of the molecule is CC1(C)C(O)CC1NC(=O)Cc1ccc2c(c1)CCC2. The first-order valence-electron chi connectivity index (χ1n) is 7.55. The second-order valence-corrected chi connectivity index (χ2v) is 6.83. The Kier molecular flexibility index (Phi) is 3.33. The van der Waals surface area contributed by atoms with Gasteiger partial charge in [-0.3, -0.25) is 4.79 Å². The van der Waals surface area contributed by atoms with E-state index >= 15 is 0 Å². The first kappa shape index (κ1) is 13.6. The van der Waals surface area contributed by atoms with E-state index in [4.69, 9.17) is 0 Å². The number of amides is 1. The molecule has 2 N–H and O–H groups in total. The van der Waals surface area contributed by atoms with Crippen molar-refractivity contribution in [3.63, 3.8) is 0 Å². The van der Waals surface area contributed by atoms with Crippen molar-refractivity contribution in [1.82, 2.24) is 5.32 Å². The molecule has 108 valence electrons. The van der Waals surface area contributed by atoms with Crippen LogP contribution in [0.25, 0.3) is 0 Å². The normalized spacial score (nSPS) is 26.8. The van der Waals surface area contributed by atoms with Gasteiger partial charge in [-0.2, -0.15) is 0 Å². The largest absolute Gasteiger partial charge is 0.392 e. The van der Waals surface area contributed by atoms with Crippen LogP contribution in [0.4, 0.5) is 0 Å². The molecule has 3 nitrogen and oxygen atoms in total. The van der Waals surface area contributed by atoms with Gasteiger partial charge in [0.05, 0.1) is 12.5 Å². The summed E-state index contributed by atoms with van der Waals surface area (Å²) in [4.78, 5) is 12.1. The number of nitrogens with one attached hydrogen (secondary N) is 1. The number of benzene rings is 1. The van der Waals surface area contributed by atoms with Gasteiger partial charge in [0, 0.05) is 11.5 Å². The summed E-state index contributed by atoms with van der Waals surface area (Å²) in [6.07, 6.45) is 4.37. The van der Waals surface area contributed by atoms with Gasteiger partial charge in [-0.15, -0.1) is 0 Å². The average Bonchev–Trinajstić information content (AvgIpc) is 2.85. The third kappa shape index (κ3) is 2.35. The van der Waals surface area contributed by atoms with Gasteiger partial charge in [0.15, 0.2) is 0 Å². The molecular formula is C17H23NO2. The Morgan fingerprint density at radius 3 is 2.80 bits per heavy atom. The molecule has 0 spiro atoms. The van der Waals surface area contributed by atoms with Crippen LogP contribution in [0.5, 0.6) is 0 Å². The maximum absolute atomic E-state index is 12.1. The van der Waals surface area contributed by atoms with Gasteiger partial charge in [0.1, 0.15) is 0 Å². The predicted octanol–water partition coefficient (Wildman–Crippen LogP) is 1.99. The molecule has 2 aliphatic rings. The van der Waals surface area contributed by atoms with Crippen molar-refractivity contribution < 1.29 is 9.90 Å². The van der Waals surface area contributed by atoms with E-state index in [2.05, 4.69) is 23.5 Å². The van der Waals surface area contributed by atoms with Gasteiger partial charge in [-0.1, -0.05) is 32.0 Å². The zero-order valence-corrected chi connectivity index (χ0v) is 12.3. The summed E-state index contributed by atoms with van der Waals surface area (Å²) in [5, 5.41) is 12.8. The van der Waals surface area contributed by atoms with Crippen molar-refractivity contribution in [2.45, 2.75) is 58.1 Å². The van der Waals surface area contributed by atoms with E-state index in [1.807, 2.05) is 13.8 Å². The van der Waals surface area contributed by atoms with E-state index < -0.39 is 0 Å². The van der Waals surface area contributed by atoms with E-state index in [9.17, 15) is 9.90 Å². The summed E-state index contributed by atoms with van der Waals surface area (Å²) < 4.78 is 0. The molecule has 2 aliphatic carbocycles. The third-order valence-corrected chi connectivity index (χ3v) is 5.08. The van der Waals surface area contributed by atoms with Crippen molar-refractivity contribution >= 4 is 5.91 Å². The minimum Gasteiger partial charge on any atom is -0.392 e. The number of carbonyl (C=O) groups excluding carboxylic acids is 1. The summed E-state index contributed by atoms with van der Waals surface area (Å²) >= 11 is 0. The molecule has 20 heavy (non-hydrogen) atoms. The molecule has 1 amide bonds. The number of hydrogen-bond donors (Lipinski definition) is 2. The fourth-order valence-corrected chi connectivity index (χ4v) is 3.31. The zero-order valence-electron chi connectivity index (χ0n) is 12.3. The molecule has 0 bridgehead atoms. The number of fused-ring (bicyclic) bond motifs is 1. The number of aliphatic hydroxyl groups excluding tert-OH is 1. The van der Waals surface area contributed by atoms with Gasteiger partial charge in [0.2, 0.25) is 5.91 Å². The lowest BCUT2D eigenvalue weighted by molar-refractivity contribution is -0.128. The Morgan fingerprint density at radius 2 is 2.10 bits per heavy atom. The predicted molar refractivity (Wildman–Crippen MR) is 78.5 cm³/mol. The van der Waals surface area contributed by atoms with E-state index in [0.29, 0.717) is 12.8 Å². The lowest BCUT2D eigenvalue weighted by atomic mass is 9.64. The summed E-state index contributed by atoms with van der Waals surface area (Å²) in [7, 11) is 0. The van der Waals surface area contributed by atoms with Crippen LogP contribution in [-0.2, 0) is 24.1 Å². The lowest BCUT2D eigenvalue weighted by Crippen LogP contribution is -2.61. The first-order valence-corrected chi connectivity index (χ1v) is 7.55. The van der Waals surface area contributed by atoms with Crippen LogP contribution < -0.4 is 5.32 Å². The Morgan fingerprint density at radius 1 is 1.35 bits per heavy atom. The van der Waals surface area contributed by atoms with Crippen molar-refractivity contribution in [2.75, 3.05) is 0 Å². The van der Waals surface area contributed by atoms with Crippen molar-refractivity contribution in [3.8, 4) is 0 Å². The molecule has 0 aliphatic heterocycles. The number of rotatable bonds is 3. The standard InChI is InChI=1S/C17H23NO2/c1-17(2)14(10-15(17)19)18-16(20)9-11-6-7-12-4-3-5-13(12)8-11/h6-8,14-15,19H,3-5,9-10H2,1-2H3,(H,18,20). The highest BCUT2D eigenvalue weighted by atomic mass is 16.3. The lowest BCUT2D eigenvalue weighted by Gasteiger charge is -2.49. The Bertz CT molecular complexity index is 536. The summed E-state index contributed by atoms with van der Waals surface area (Å²) in [6.45, 7) is 4.00. The maximum Gasteiger partial charge on any atom is 0.224 e. The second kappa shape index (κ2) is 4.88. The number of aryl methyl sites for hydroxylation is 2. The molecule has 0 aromatic heterocycles. The highest BCUT2D eigenvalue weighted by molar-refractivity contribution is 5.79. The molecule has 2 atom stereocenters. The van der Waals surface area contributed by atoms with E-state index in [1.54, 1.807) is 0 Å². The molecule has 0 saturated heterocycles. The minimum atomic E-state index is -0.298. The summed E-state index contributed by atoms with van der Waals surface area (Å²) in [5.74, 6) is 0.0629. The van der Waals surface area contributed by atoms with Gasteiger partial charge < -0.3 is 10.4 Å². The Labute approximate surface area is 120 Å². The average molecular weight is 273 g/mol. The summed E-state index contributed by atoms with van der Waals surface area (Å²) in [6, 6.07) is 6.52. The van der Waals surface area contributed by atoms with E-state index in [-0.39, 0.29) is 23.5 Å². The van der Waals surface area contributed by atoms with Crippen molar-refractivity contribution in [2.24, 2.45) is 5.41 Å². The maximum atomic E-state index is 12.1. The second-order valence-electron chi connectivity index (χ2n) is 6.83. The van der Waals surface area contributed by atoms with Crippen LogP contribution in [0.2, 0.25) is 0 Å². The minimum absolute atomic E-state index is 0.0629. The first-order chi connectivity index (χ1) is 9.46. The molecule has 1 aromatic rings. The number of hydrogen-bond acceptors (Lipinski definition) is 2. The van der Waals surface area contributed by atoms with Gasteiger partial charge in [-0.25, -0.2) is 0 Å². The topological polar surface area (TPSA) is 49.3 Å². The molecule has 1 saturated carbocycles. The van der Waals surface area contributed by atoms with Crippen LogP contribution in [-0.4, -0.2) is 23.2 Å². The molecular weight excluding hydrogens is 250 g/mol. The van der Waals surface area contributed by atoms with Crippen molar-refractivity contribution in [3.05, 3.63) is 34.9 Å². The molecule has 3 rings (SSSR count). The van der Waals surface area contributed by atoms with Crippen LogP contribution in [0, 0.1) is 5.41 Å².